The summed E-state index contributed by atoms with van der Waals surface area (Å²) in [5.74, 6) is 0.544. The van der Waals surface area contributed by atoms with Crippen LogP contribution in [0.1, 0.15) is 11.1 Å². The Hall–Kier alpha value is -2.09. The normalized spacial score (nSPS) is 9.40. The van der Waals surface area contributed by atoms with Gasteiger partial charge in [0.1, 0.15) is 11.8 Å². The van der Waals surface area contributed by atoms with E-state index < -0.39 is 4.92 Å². The highest BCUT2D eigenvalue weighted by atomic mass is 16.6. The zero-order valence-electron chi connectivity index (χ0n) is 8.48. The Bertz CT molecular complexity index is 412. The van der Waals surface area contributed by atoms with Gasteiger partial charge < -0.3 is 4.74 Å². The van der Waals surface area contributed by atoms with Crippen molar-refractivity contribution in [1.82, 2.24) is 0 Å². The number of benzene rings is 1. The zero-order chi connectivity index (χ0) is 11.4. The molecule has 0 amide bonds. The molecule has 0 saturated carbocycles. The fraction of sp³-hybridized carbons (Fsp3) is 0.300. The van der Waals surface area contributed by atoms with Gasteiger partial charge in [0.2, 0.25) is 0 Å². The zero-order valence-corrected chi connectivity index (χ0v) is 8.48. The van der Waals surface area contributed by atoms with Gasteiger partial charge in [-0.1, -0.05) is 0 Å². The van der Waals surface area contributed by atoms with Crippen LogP contribution in [0.5, 0.6) is 5.75 Å². The highest BCUT2D eigenvalue weighted by Crippen LogP contribution is 2.27. The van der Waals surface area contributed by atoms with Crippen molar-refractivity contribution < 1.29 is 9.66 Å². The number of nitriles is 1. The number of rotatable bonds is 3. The maximum atomic E-state index is 10.5. The van der Waals surface area contributed by atoms with Crippen LogP contribution in [0.15, 0.2) is 12.1 Å². The Balaban J connectivity index is 3.11. The Morgan fingerprint density at radius 2 is 2.00 bits per heavy atom. The molecule has 0 atom stereocenters. The average molecular weight is 206 g/mol. The van der Waals surface area contributed by atoms with E-state index in [1.165, 1.54) is 12.1 Å². The molecule has 0 bridgehead atoms. The first-order valence-corrected chi connectivity index (χ1v) is 4.31. The predicted molar refractivity (Wildman–Crippen MR) is 53.7 cm³/mol. The first-order valence-electron chi connectivity index (χ1n) is 4.31. The van der Waals surface area contributed by atoms with E-state index in [1.54, 1.807) is 13.8 Å². The predicted octanol–water partition coefficient (Wildman–Crippen LogP) is 2.11. The maximum Gasteiger partial charge on any atom is 0.270 e. The number of nitrogens with zero attached hydrogens (tertiary/aromatic N) is 2. The van der Waals surface area contributed by atoms with E-state index in [9.17, 15) is 10.1 Å². The van der Waals surface area contributed by atoms with Crippen LogP contribution in [0.4, 0.5) is 5.69 Å². The van der Waals surface area contributed by atoms with Gasteiger partial charge in [-0.25, -0.2) is 0 Å². The molecule has 1 aromatic carbocycles. The smallest absolute Gasteiger partial charge is 0.270 e. The van der Waals surface area contributed by atoms with Crippen LogP contribution >= 0.6 is 0 Å². The van der Waals surface area contributed by atoms with E-state index >= 15 is 0 Å². The molecule has 0 heterocycles. The molecule has 0 N–H and O–H groups in total. The van der Waals surface area contributed by atoms with Gasteiger partial charge in [-0.3, -0.25) is 10.1 Å². The van der Waals surface area contributed by atoms with E-state index in [0.717, 1.165) is 0 Å². The minimum absolute atomic E-state index is 0.0364. The molecule has 5 heteroatoms. The average Bonchev–Trinajstić information content (AvgIpc) is 2.16. The Morgan fingerprint density at radius 3 is 2.40 bits per heavy atom. The van der Waals surface area contributed by atoms with Gasteiger partial charge in [0, 0.05) is 12.1 Å². The molecule has 0 aliphatic heterocycles. The van der Waals surface area contributed by atoms with Crippen molar-refractivity contribution in [2.24, 2.45) is 0 Å². The topological polar surface area (TPSA) is 76.2 Å². The molecular weight excluding hydrogens is 196 g/mol. The highest BCUT2D eigenvalue weighted by Gasteiger charge is 2.12. The first kappa shape index (κ1) is 11.0. The monoisotopic (exact) mass is 206 g/mol. The number of hydrogen-bond acceptors (Lipinski definition) is 4. The second kappa shape index (κ2) is 4.42. The number of nitro benzene ring substituents is 1. The third-order valence-corrected chi connectivity index (χ3v) is 1.94. The summed E-state index contributed by atoms with van der Waals surface area (Å²) in [5.41, 5.74) is 1.36. The van der Waals surface area contributed by atoms with Crippen LogP contribution in [-0.4, -0.2) is 11.5 Å². The molecule has 15 heavy (non-hydrogen) atoms. The van der Waals surface area contributed by atoms with Gasteiger partial charge >= 0.3 is 0 Å². The molecule has 1 aromatic rings. The largest absolute Gasteiger partial charge is 0.478 e. The summed E-state index contributed by atoms with van der Waals surface area (Å²) >= 11 is 0. The molecule has 0 aliphatic carbocycles. The lowest BCUT2D eigenvalue weighted by atomic mass is 10.1. The second-order valence-corrected chi connectivity index (χ2v) is 3.11. The molecule has 0 spiro atoms. The second-order valence-electron chi connectivity index (χ2n) is 3.11. The van der Waals surface area contributed by atoms with Gasteiger partial charge in [0.15, 0.2) is 6.61 Å². The SMILES string of the molecule is Cc1cc([N+](=O)[O-])cc(C)c1OCC#N. The lowest BCUT2D eigenvalue weighted by molar-refractivity contribution is -0.385. The summed E-state index contributed by atoms with van der Waals surface area (Å²) in [6.07, 6.45) is 0. The molecule has 0 aromatic heterocycles. The Labute approximate surface area is 87.1 Å². The van der Waals surface area contributed by atoms with Crippen LogP contribution in [0, 0.1) is 35.3 Å². The lowest BCUT2D eigenvalue weighted by Gasteiger charge is -2.08. The van der Waals surface area contributed by atoms with Crippen molar-refractivity contribution in [3.63, 3.8) is 0 Å². The minimum atomic E-state index is -0.450. The van der Waals surface area contributed by atoms with Crippen LogP contribution in [0.25, 0.3) is 0 Å². The number of ether oxygens (including phenoxy) is 1. The van der Waals surface area contributed by atoms with Crippen LogP contribution < -0.4 is 4.74 Å². The van der Waals surface area contributed by atoms with Crippen molar-refractivity contribution in [3.8, 4) is 11.8 Å². The molecule has 0 aliphatic rings. The molecule has 0 saturated heterocycles. The first-order chi connectivity index (χ1) is 7.06. The Morgan fingerprint density at radius 1 is 1.47 bits per heavy atom. The summed E-state index contributed by atoms with van der Waals surface area (Å²) in [6.45, 7) is 3.37. The number of aryl methyl sites for hydroxylation is 2. The fourth-order valence-electron chi connectivity index (χ4n) is 1.36. The molecule has 0 fully saturated rings. The van der Waals surface area contributed by atoms with E-state index in [1.807, 2.05) is 6.07 Å². The summed E-state index contributed by atoms with van der Waals surface area (Å²) in [4.78, 5) is 10.1. The van der Waals surface area contributed by atoms with E-state index in [4.69, 9.17) is 10.00 Å². The van der Waals surface area contributed by atoms with Crippen LogP contribution in [-0.2, 0) is 0 Å². The van der Waals surface area contributed by atoms with Crippen molar-refractivity contribution in [2.75, 3.05) is 6.61 Å². The van der Waals surface area contributed by atoms with Gasteiger partial charge in [-0.15, -0.1) is 0 Å². The minimum Gasteiger partial charge on any atom is -0.478 e. The highest BCUT2D eigenvalue weighted by molar-refractivity contribution is 5.48. The number of nitro groups is 1. The Kier molecular flexibility index (Phi) is 3.24. The molecule has 0 radical (unpaired) electrons. The van der Waals surface area contributed by atoms with Gasteiger partial charge in [-0.05, 0) is 25.0 Å². The van der Waals surface area contributed by atoms with Gasteiger partial charge in [0.25, 0.3) is 5.69 Å². The quantitative estimate of drug-likeness (QED) is 0.560. The van der Waals surface area contributed by atoms with Crippen molar-refractivity contribution in [1.29, 1.82) is 5.26 Å². The summed E-state index contributed by atoms with van der Waals surface area (Å²) < 4.78 is 5.17. The fourth-order valence-corrected chi connectivity index (χ4v) is 1.36. The third kappa shape index (κ3) is 2.44. The van der Waals surface area contributed by atoms with Gasteiger partial charge in [-0.2, -0.15) is 5.26 Å². The molecule has 78 valence electrons. The van der Waals surface area contributed by atoms with Crippen molar-refractivity contribution in [3.05, 3.63) is 33.4 Å². The summed E-state index contributed by atoms with van der Waals surface area (Å²) in [6, 6.07) is 4.71. The third-order valence-electron chi connectivity index (χ3n) is 1.94. The van der Waals surface area contributed by atoms with Gasteiger partial charge in [0.05, 0.1) is 4.92 Å². The maximum absolute atomic E-state index is 10.5. The summed E-state index contributed by atoms with van der Waals surface area (Å²) in [5, 5.41) is 18.9. The molecular formula is C10H10N2O3. The van der Waals surface area contributed by atoms with Crippen molar-refractivity contribution in [2.45, 2.75) is 13.8 Å². The standard InChI is InChI=1S/C10H10N2O3/c1-7-5-9(12(13)14)6-8(2)10(7)15-4-3-11/h5-6H,4H2,1-2H3. The van der Waals surface area contributed by atoms with Crippen LogP contribution in [0.3, 0.4) is 0 Å². The number of non-ortho nitro benzene ring substituents is 1. The molecule has 1 rings (SSSR count). The van der Waals surface area contributed by atoms with Crippen molar-refractivity contribution >= 4 is 5.69 Å². The molecule has 5 nitrogen and oxygen atoms in total. The number of hydrogen-bond donors (Lipinski definition) is 0. The summed E-state index contributed by atoms with van der Waals surface area (Å²) in [7, 11) is 0. The van der Waals surface area contributed by atoms with Crippen LogP contribution in [0.2, 0.25) is 0 Å². The van der Waals surface area contributed by atoms with E-state index in [-0.39, 0.29) is 12.3 Å². The molecule has 0 unspecified atom stereocenters. The van der Waals surface area contributed by atoms with E-state index in [2.05, 4.69) is 0 Å². The lowest BCUT2D eigenvalue weighted by Crippen LogP contribution is -1.99. The van der Waals surface area contributed by atoms with E-state index in [0.29, 0.717) is 16.9 Å².